The molecule has 38 heavy (non-hydrogen) atoms. The first kappa shape index (κ1) is 24.9. The van der Waals surface area contributed by atoms with Gasteiger partial charge < -0.3 is 0 Å². The molecule has 0 saturated heterocycles. The molecule has 3 aromatic carbocycles. The molecule has 191 valence electrons. The predicted octanol–water partition coefficient (Wildman–Crippen LogP) is 3.52. The van der Waals surface area contributed by atoms with E-state index < -0.39 is 14.7 Å². The summed E-state index contributed by atoms with van der Waals surface area (Å²) in [6.07, 6.45) is 0. The summed E-state index contributed by atoms with van der Waals surface area (Å²) in [4.78, 5) is 21.6. The first-order chi connectivity index (χ1) is 18.3. The van der Waals surface area contributed by atoms with Crippen LogP contribution in [0, 0.1) is 6.92 Å². The van der Waals surface area contributed by atoms with Gasteiger partial charge >= 0.3 is 236 Å². The average molecular weight is 705 g/mol. The average Bonchev–Trinajstić information content (AvgIpc) is 3.32. The van der Waals surface area contributed by atoms with Crippen molar-refractivity contribution in [2.45, 2.75) is 21.6 Å². The number of hydrogen-bond acceptors (Lipinski definition) is 7. The normalized spacial score (nSPS) is 22.7. The molecule has 1 aliphatic carbocycles. The van der Waals surface area contributed by atoms with Crippen LogP contribution in [0.1, 0.15) is 31.4 Å². The van der Waals surface area contributed by atoms with Gasteiger partial charge in [-0.1, -0.05) is 0 Å². The second kappa shape index (κ2) is 8.84. The predicted molar refractivity (Wildman–Crippen MR) is 141 cm³/mol. The maximum atomic E-state index is 13.7. The molecule has 0 fully saturated rings. The van der Waals surface area contributed by atoms with Crippen molar-refractivity contribution in [1.82, 2.24) is 9.97 Å². The molecule has 2 aliphatic rings. The summed E-state index contributed by atoms with van der Waals surface area (Å²) in [5.74, 6) is 2.38. The molecule has 6 rings (SSSR count). The quantitative estimate of drug-likeness (QED) is 0.307. The zero-order chi connectivity index (χ0) is 26.8. The minimum atomic E-state index is -1.82. The van der Waals surface area contributed by atoms with Crippen molar-refractivity contribution in [2.24, 2.45) is 0 Å². The molecule has 3 radical (unpaired) electrons. The number of aliphatic hydroxyl groups is 1. The summed E-state index contributed by atoms with van der Waals surface area (Å²) in [5.41, 5.74) is 0.198. The van der Waals surface area contributed by atoms with Crippen LogP contribution in [0.4, 0.5) is 0 Å². The number of nitrogens with zero attached hydrogens (tertiary/aromatic N) is 1. The van der Waals surface area contributed by atoms with E-state index >= 15 is 0 Å². The van der Waals surface area contributed by atoms with Crippen molar-refractivity contribution in [1.29, 1.82) is 0 Å². The molecule has 1 aromatic heterocycles. The molecule has 8 nitrogen and oxygen atoms in total. The van der Waals surface area contributed by atoms with Crippen molar-refractivity contribution in [3.05, 3.63) is 99.0 Å². The minimum absolute atomic E-state index is 0.273. The van der Waals surface area contributed by atoms with Crippen molar-refractivity contribution in [3.8, 4) is 34.4 Å². The van der Waals surface area contributed by atoms with Crippen LogP contribution in [0.5, 0.6) is 23.0 Å². The molecule has 0 spiro atoms. The number of nitrogens with one attached hydrogen (secondary N) is 1. The summed E-state index contributed by atoms with van der Waals surface area (Å²) < 4.78 is 22.9. The summed E-state index contributed by atoms with van der Waals surface area (Å²) >= 11 is 0.490. The van der Waals surface area contributed by atoms with Gasteiger partial charge in [0.1, 0.15) is 0 Å². The van der Waals surface area contributed by atoms with E-state index in [-0.39, 0.29) is 11.3 Å². The van der Waals surface area contributed by atoms with Gasteiger partial charge in [-0.05, 0) is 0 Å². The number of rotatable bonds is 5. The van der Waals surface area contributed by atoms with E-state index in [1.807, 2.05) is 55.5 Å². The van der Waals surface area contributed by atoms with Crippen LogP contribution >= 0.6 is 0 Å². The van der Waals surface area contributed by atoms with Crippen LogP contribution in [-0.2, 0) is 11.2 Å². The third kappa shape index (κ3) is 3.22. The Morgan fingerprint density at radius 3 is 2.29 bits per heavy atom. The zero-order valence-corrected chi connectivity index (χ0v) is 25.2. The monoisotopic (exact) mass is 705 g/mol. The van der Waals surface area contributed by atoms with Crippen molar-refractivity contribution in [2.75, 3.05) is 21.3 Å². The topological polar surface area (TPSA) is 103 Å². The Hall–Kier alpha value is -3.38. The van der Waals surface area contributed by atoms with Gasteiger partial charge in [-0.2, -0.15) is 0 Å². The number of H-pyrrole nitrogens is 1. The Bertz CT molecular complexity index is 1620. The number of aromatic amines is 1. The number of benzene rings is 3. The van der Waals surface area contributed by atoms with E-state index in [0.717, 1.165) is 11.1 Å². The number of methoxy groups -OCH3 is 3. The number of aromatic nitrogens is 2. The first-order valence-corrected chi connectivity index (χ1v) is 14.3. The maximum absolute atomic E-state index is 13.7. The van der Waals surface area contributed by atoms with E-state index in [9.17, 15) is 9.90 Å². The zero-order valence-electron chi connectivity index (χ0n) is 21.3. The van der Waals surface area contributed by atoms with Crippen molar-refractivity contribution in [3.63, 3.8) is 0 Å². The van der Waals surface area contributed by atoms with Crippen LogP contribution in [0.2, 0.25) is 0 Å². The van der Waals surface area contributed by atoms with Gasteiger partial charge in [-0.25, -0.2) is 0 Å². The van der Waals surface area contributed by atoms with Gasteiger partial charge in [0, 0.05) is 0 Å². The van der Waals surface area contributed by atoms with E-state index in [4.69, 9.17) is 23.9 Å². The van der Waals surface area contributed by atoms with Crippen LogP contribution in [-0.4, -0.2) is 62.2 Å². The standard InChI is InChI=1S/C29H25N2O6.Pb/c1-16-5-7-17(8-6-16)26-30-25-21(27(32)31-26)15-28(18-9-11-19(34-2)12-10-18)29(25,33)24-22(36-4)13-20(35-3)14-23(24)37-28;/h5-15,33H,1-4H3,(H,30,31,32);. The number of ether oxygens (including phenoxy) is 4. The number of aryl methyl sites for hydroxylation is 1. The molecule has 0 bridgehead atoms. The number of fused-ring (bicyclic) bond motifs is 5. The van der Waals surface area contributed by atoms with Gasteiger partial charge in [-0.3, -0.25) is 0 Å². The molecule has 4 aromatic rings. The first-order valence-electron chi connectivity index (χ1n) is 12.0. The second-order valence-electron chi connectivity index (χ2n) is 9.46. The van der Waals surface area contributed by atoms with Gasteiger partial charge in [0.2, 0.25) is 0 Å². The van der Waals surface area contributed by atoms with E-state index in [1.165, 1.54) is 7.11 Å². The van der Waals surface area contributed by atoms with Crippen molar-refractivity contribution >= 4 is 25.8 Å². The van der Waals surface area contributed by atoms with Gasteiger partial charge in [0.25, 0.3) is 0 Å². The fraction of sp³-hybridized carbons (Fsp3) is 0.241. The summed E-state index contributed by atoms with van der Waals surface area (Å²) in [6, 6.07) is 18.5. The fourth-order valence-electron chi connectivity index (χ4n) is 5.63. The summed E-state index contributed by atoms with van der Waals surface area (Å²) in [6.45, 7) is 1.99. The second-order valence-corrected chi connectivity index (χ2v) is 11.7. The molecule has 0 amide bonds. The Balaban J connectivity index is 1.69. The Morgan fingerprint density at radius 2 is 1.66 bits per heavy atom. The molecule has 1 aliphatic heterocycles. The van der Waals surface area contributed by atoms with Crippen LogP contribution in [0.15, 0.2) is 65.5 Å². The number of hydrogen-bond donors (Lipinski definition) is 2. The third-order valence-corrected chi connectivity index (χ3v) is 10.2. The molecule has 2 N–H and O–H groups in total. The molecule has 3 unspecified atom stereocenters. The molecule has 2 heterocycles. The summed E-state index contributed by atoms with van der Waals surface area (Å²) in [5, 5.41) is 13.0. The van der Waals surface area contributed by atoms with Crippen LogP contribution < -0.4 is 24.5 Å². The molecule has 0 saturated carbocycles. The van der Waals surface area contributed by atoms with Crippen molar-refractivity contribution < 1.29 is 24.1 Å². The van der Waals surface area contributed by atoms with E-state index in [2.05, 4.69) is 4.98 Å². The Labute approximate surface area is 235 Å². The van der Waals surface area contributed by atoms with E-state index in [0.29, 0.717) is 71.3 Å². The Morgan fingerprint density at radius 1 is 0.974 bits per heavy atom. The third-order valence-electron chi connectivity index (χ3n) is 7.50. The molecular formula is C29H25N2O6Pb. The van der Waals surface area contributed by atoms with Crippen LogP contribution in [0.25, 0.3) is 11.4 Å². The molecule has 3 atom stereocenters. The van der Waals surface area contributed by atoms with Gasteiger partial charge in [0.05, 0.1) is 0 Å². The Kier molecular flexibility index (Phi) is 5.80. The fourth-order valence-corrected chi connectivity index (χ4v) is 8.36. The van der Waals surface area contributed by atoms with Crippen LogP contribution in [0.3, 0.4) is 0 Å². The van der Waals surface area contributed by atoms with Gasteiger partial charge in [-0.15, -0.1) is 0 Å². The SMILES string of the molecule is COc1ccc(C23Oc4cc(OC)cc(OC)c4C2(O)c2nc(-c4ccc(C)cc4)[nH]c(=O)c2[CH]3[Pb])cc1. The van der Waals surface area contributed by atoms with E-state index in [1.54, 1.807) is 26.4 Å². The van der Waals surface area contributed by atoms with Gasteiger partial charge in [0.15, 0.2) is 0 Å². The summed E-state index contributed by atoms with van der Waals surface area (Å²) in [7, 11) is 4.69. The molecular weight excluding hydrogens is 680 g/mol. The molecule has 9 heteroatoms.